The highest BCUT2D eigenvalue weighted by Crippen LogP contribution is 2.45. The molecule has 0 aromatic rings. The van der Waals surface area contributed by atoms with Crippen molar-refractivity contribution in [3.05, 3.63) is 0 Å². The van der Waals surface area contributed by atoms with Crippen LogP contribution in [0.15, 0.2) is 0 Å². The van der Waals surface area contributed by atoms with Crippen LogP contribution in [0, 0.1) is 11.8 Å². The number of aliphatic hydroxyl groups is 1. The summed E-state index contributed by atoms with van der Waals surface area (Å²) >= 11 is 0. The SMILES string of the molecule is CCCCCCCCCCCCCCCCCC(=O)O[C@H](COC(=O)CCCCCCCCCCCCCC(C)C)COP(=O)(O)OC[C@@H](O)COP(=O)(O)OC[C@@H](COC(=O)CCCCCCCCCCCCCCC)OC(=O)CCCCCCCCCCCCC(C)C. The van der Waals surface area contributed by atoms with E-state index in [1.807, 2.05) is 0 Å². The molecule has 3 N–H and O–H groups in total. The number of carbonyl (C=O) groups excluding carboxylic acids is 4. The monoisotopic (exact) mass is 1400 g/mol. The Hall–Kier alpha value is -1.94. The van der Waals surface area contributed by atoms with Crippen LogP contribution in [0.2, 0.25) is 0 Å². The van der Waals surface area contributed by atoms with Crippen LogP contribution in [-0.4, -0.2) is 96.7 Å². The minimum Gasteiger partial charge on any atom is -0.462 e. The molecule has 564 valence electrons. The smallest absolute Gasteiger partial charge is 0.462 e. The summed E-state index contributed by atoms with van der Waals surface area (Å²) in [6.45, 7) is 9.60. The van der Waals surface area contributed by atoms with Crippen LogP contribution in [0.25, 0.3) is 0 Å². The number of rotatable bonds is 75. The molecular weight excluding hydrogens is 1250 g/mol. The molecule has 17 nitrogen and oxygen atoms in total. The molecule has 0 aromatic carbocycles. The zero-order valence-electron chi connectivity index (χ0n) is 62.0. The number of carbonyl (C=O) groups is 4. The fourth-order valence-electron chi connectivity index (χ4n) is 11.7. The Morgan fingerprint density at radius 1 is 0.284 bits per heavy atom. The Balaban J connectivity index is 5.27. The fourth-order valence-corrected chi connectivity index (χ4v) is 13.2. The van der Waals surface area contributed by atoms with E-state index in [1.165, 1.54) is 212 Å². The summed E-state index contributed by atoms with van der Waals surface area (Å²) in [4.78, 5) is 72.9. The van der Waals surface area contributed by atoms with Gasteiger partial charge in [-0.2, -0.15) is 0 Å². The number of hydrogen-bond donors (Lipinski definition) is 3. The number of unbranched alkanes of at least 4 members (excludes halogenated alkanes) is 45. The minimum absolute atomic E-state index is 0.106. The lowest BCUT2D eigenvalue weighted by atomic mass is 10.0. The number of aliphatic hydroxyl groups excluding tert-OH is 1. The lowest BCUT2D eigenvalue weighted by Gasteiger charge is -2.21. The summed E-state index contributed by atoms with van der Waals surface area (Å²) in [7, 11) is -9.91. The van der Waals surface area contributed by atoms with Gasteiger partial charge in [-0.25, -0.2) is 9.13 Å². The van der Waals surface area contributed by atoms with Gasteiger partial charge in [0.25, 0.3) is 0 Å². The van der Waals surface area contributed by atoms with Gasteiger partial charge in [-0.05, 0) is 37.5 Å². The first kappa shape index (κ1) is 93.1. The zero-order valence-corrected chi connectivity index (χ0v) is 63.8. The van der Waals surface area contributed by atoms with Gasteiger partial charge in [0.1, 0.15) is 19.3 Å². The van der Waals surface area contributed by atoms with Crippen LogP contribution in [0.3, 0.4) is 0 Å². The molecule has 0 fully saturated rings. The normalized spacial score (nSPS) is 14.0. The van der Waals surface area contributed by atoms with Crippen LogP contribution < -0.4 is 0 Å². The van der Waals surface area contributed by atoms with E-state index >= 15 is 0 Å². The molecule has 0 saturated heterocycles. The molecule has 0 rings (SSSR count). The molecule has 5 atom stereocenters. The Labute approximate surface area is 581 Å². The Morgan fingerprint density at radius 2 is 0.484 bits per heavy atom. The first-order chi connectivity index (χ1) is 45.9. The molecule has 0 radical (unpaired) electrons. The van der Waals surface area contributed by atoms with Crippen molar-refractivity contribution >= 4 is 39.5 Å². The molecule has 0 amide bonds. The molecule has 2 unspecified atom stereocenters. The molecule has 0 aliphatic heterocycles. The lowest BCUT2D eigenvalue weighted by Crippen LogP contribution is -2.30. The van der Waals surface area contributed by atoms with Gasteiger partial charge < -0.3 is 33.8 Å². The predicted molar refractivity (Wildman–Crippen MR) is 386 cm³/mol. The van der Waals surface area contributed by atoms with E-state index < -0.39 is 97.5 Å². The molecule has 0 heterocycles. The number of phosphoric ester groups is 2. The van der Waals surface area contributed by atoms with Crippen LogP contribution in [-0.2, 0) is 65.4 Å². The third-order valence-electron chi connectivity index (χ3n) is 17.7. The van der Waals surface area contributed by atoms with Crippen molar-refractivity contribution in [2.24, 2.45) is 11.8 Å². The first-order valence-electron chi connectivity index (χ1n) is 39.5. The molecule has 0 spiro atoms. The van der Waals surface area contributed by atoms with Crippen molar-refractivity contribution in [2.75, 3.05) is 39.6 Å². The highest BCUT2D eigenvalue weighted by atomic mass is 31.2. The fraction of sp³-hybridized carbons (Fsp3) is 0.947. The maximum absolute atomic E-state index is 13.1. The predicted octanol–water partition coefficient (Wildman–Crippen LogP) is 22.3. The van der Waals surface area contributed by atoms with Gasteiger partial charge in [-0.3, -0.25) is 37.3 Å². The first-order valence-corrected chi connectivity index (χ1v) is 42.5. The van der Waals surface area contributed by atoms with Gasteiger partial charge >= 0.3 is 39.5 Å². The van der Waals surface area contributed by atoms with Crippen molar-refractivity contribution in [2.45, 2.75) is 413 Å². The molecule has 0 bridgehead atoms. The number of ether oxygens (including phenoxy) is 4. The van der Waals surface area contributed by atoms with E-state index in [1.54, 1.807) is 0 Å². The molecule has 0 aliphatic carbocycles. The van der Waals surface area contributed by atoms with Crippen molar-refractivity contribution in [3.63, 3.8) is 0 Å². The Kier molecular flexibility index (Phi) is 66.5. The maximum atomic E-state index is 13.1. The Bertz CT molecular complexity index is 1840. The highest BCUT2D eigenvalue weighted by Gasteiger charge is 2.30. The van der Waals surface area contributed by atoms with E-state index in [0.29, 0.717) is 25.7 Å². The second-order valence-corrected chi connectivity index (χ2v) is 31.3. The van der Waals surface area contributed by atoms with Gasteiger partial charge in [0.05, 0.1) is 26.4 Å². The zero-order chi connectivity index (χ0) is 70.0. The molecule has 95 heavy (non-hydrogen) atoms. The summed E-state index contributed by atoms with van der Waals surface area (Å²) in [5.74, 6) is -0.589. The quantitative estimate of drug-likeness (QED) is 0.0222. The summed E-state index contributed by atoms with van der Waals surface area (Å²) < 4.78 is 68.6. The van der Waals surface area contributed by atoms with E-state index in [0.717, 1.165) is 102 Å². The van der Waals surface area contributed by atoms with Gasteiger partial charge in [0.15, 0.2) is 12.2 Å². The number of esters is 4. The summed E-state index contributed by atoms with van der Waals surface area (Å²) in [6.07, 6.45) is 55.3. The molecule has 0 aliphatic rings. The topological polar surface area (TPSA) is 237 Å². The second-order valence-electron chi connectivity index (χ2n) is 28.3. The number of phosphoric acid groups is 2. The third-order valence-corrected chi connectivity index (χ3v) is 19.6. The van der Waals surface area contributed by atoms with Crippen LogP contribution in [0.1, 0.15) is 395 Å². The van der Waals surface area contributed by atoms with E-state index in [2.05, 4.69) is 41.5 Å². The summed E-state index contributed by atoms with van der Waals surface area (Å²) in [6, 6.07) is 0. The van der Waals surface area contributed by atoms with Gasteiger partial charge in [0.2, 0.25) is 0 Å². The van der Waals surface area contributed by atoms with Gasteiger partial charge in [0, 0.05) is 25.7 Å². The van der Waals surface area contributed by atoms with Crippen LogP contribution in [0.5, 0.6) is 0 Å². The number of hydrogen-bond acceptors (Lipinski definition) is 15. The van der Waals surface area contributed by atoms with Crippen LogP contribution >= 0.6 is 15.6 Å². The third kappa shape index (κ3) is 70.3. The molecule has 0 saturated carbocycles. The van der Waals surface area contributed by atoms with Crippen LogP contribution in [0.4, 0.5) is 0 Å². The summed E-state index contributed by atoms with van der Waals surface area (Å²) in [5, 5.41) is 10.6. The van der Waals surface area contributed by atoms with Crippen molar-refractivity contribution < 1.29 is 80.2 Å². The van der Waals surface area contributed by atoms with Gasteiger partial charge in [-0.1, -0.05) is 343 Å². The Morgan fingerprint density at radius 3 is 0.716 bits per heavy atom. The molecule has 0 aromatic heterocycles. The van der Waals surface area contributed by atoms with E-state index in [4.69, 9.17) is 37.0 Å². The minimum atomic E-state index is -4.96. The average Bonchev–Trinajstić information content (AvgIpc) is 2.11. The molecule has 19 heteroatoms. The largest absolute Gasteiger partial charge is 0.472 e. The standard InChI is InChI=1S/C76H148O17P2/c1-7-9-11-13-15-17-19-21-22-24-28-36-42-48-54-60-75(80)92-71(64-87-74(79)59-53-47-41-35-29-25-26-32-38-44-50-56-68(3)4)66-90-94(82,83)88-62-70(77)63-89-95(84,85)91-67-72(93-76(81)61-55-49-43-37-31-30-33-39-45-51-57-69(5)6)65-86-73(78)58-52-46-40-34-27-23-20-18-16-14-12-10-8-2/h68-72,77H,7-67H2,1-6H3,(H,82,83)(H,84,85)/t70-,71-,72-/m1/s1. The van der Waals surface area contributed by atoms with Crippen molar-refractivity contribution in [1.82, 2.24) is 0 Å². The lowest BCUT2D eigenvalue weighted by molar-refractivity contribution is -0.161. The van der Waals surface area contributed by atoms with E-state index in [-0.39, 0.29) is 25.7 Å². The molecular formula is C76H148O17P2. The second kappa shape index (κ2) is 67.9. The summed E-state index contributed by atoms with van der Waals surface area (Å²) in [5.41, 5.74) is 0. The average molecular weight is 1400 g/mol. The van der Waals surface area contributed by atoms with E-state index in [9.17, 15) is 43.2 Å². The maximum Gasteiger partial charge on any atom is 0.472 e. The van der Waals surface area contributed by atoms with Crippen molar-refractivity contribution in [1.29, 1.82) is 0 Å². The van der Waals surface area contributed by atoms with Gasteiger partial charge in [-0.15, -0.1) is 0 Å². The van der Waals surface area contributed by atoms with Crippen molar-refractivity contribution in [3.8, 4) is 0 Å². The highest BCUT2D eigenvalue weighted by molar-refractivity contribution is 7.47.